The van der Waals surface area contributed by atoms with E-state index in [1.54, 1.807) is 7.05 Å². The van der Waals surface area contributed by atoms with E-state index in [1.807, 2.05) is 0 Å². The number of hydrogen-bond acceptors (Lipinski definition) is 2. The SMILES string of the molecule is CNC(=O)C(NC=O)C1CC1. The van der Waals surface area contributed by atoms with Crippen LogP contribution in [0.4, 0.5) is 0 Å². The summed E-state index contributed by atoms with van der Waals surface area (Å²) in [5.74, 6) is 0.264. The van der Waals surface area contributed by atoms with Gasteiger partial charge in [-0.2, -0.15) is 0 Å². The highest BCUT2D eigenvalue weighted by Crippen LogP contribution is 2.32. The van der Waals surface area contributed by atoms with Gasteiger partial charge in [0.2, 0.25) is 12.3 Å². The van der Waals surface area contributed by atoms with E-state index in [0.717, 1.165) is 12.8 Å². The number of rotatable bonds is 4. The lowest BCUT2D eigenvalue weighted by Crippen LogP contribution is -2.43. The summed E-state index contributed by atoms with van der Waals surface area (Å²) in [5, 5.41) is 5.01. The van der Waals surface area contributed by atoms with Gasteiger partial charge in [0.25, 0.3) is 0 Å². The van der Waals surface area contributed by atoms with Crippen LogP contribution in [-0.2, 0) is 9.59 Å². The van der Waals surface area contributed by atoms with Crippen LogP contribution in [0.3, 0.4) is 0 Å². The van der Waals surface area contributed by atoms with Crippen LogP contribution in [0.25, 0.3) is 0 Å². The minimum absolute atomic E-state index is 0.0976. The standard InChI is InChI=1S/C7H12N2O2/c1-8-7(11)6(9-4-10)5-2-3-5/h4-6H,2-3H2,1H3,(H,8,11)(H,9,10). The molecule has 1 saturated carbocycles. The summed E-state index contributed by atoms with van der Waals surface area (Å²) in [6.07, 6.45) is 2.66. The zero-order valence-corrected chi connectivity index (χ0v) is 6.46. The van der Waals surface area contributed by atoms with Crippen molar-refractivity contribution >= 4 is 12.3 Å². The minimum atomic E-state index is -0.308. The number of hydrogen-bond donors (Lipinski definition) is 2. The molecule has 4 nitrogen and oxygen atoms in total. The molecule has 0 aromatic carbocycles. The number of carbonyl (C=O) groups is 2. The molecular formula is C7H12N2O2. The Morgan fingerprint density at radius 3 is 2.64 bits per heavy atom. The summed E-state index contributed by atoms with van der Waals surface area (Å²) in [7, 11) is 1.57. The molecule has 0 saturated heterocycles. The third kappa shape index (κ3) is 1.93. The number of carbonyl (C=O) groups excluding carboxylic acids is 2. The molecule has 1 rings (SSSR count). The average Bonchev–Trinajstić information content (AvgIpc) is 2.81. The lowest BCUT2D eigenvalue weighted by atomic mass is 10.2. The summed E-state index contributed by atoms with van der Waals surface area (Å²) < 4.78 is 0. The van der Waals surface area contributed by atoms with Gasteiger partial charge in [-0.05, 0) is 18.8 Å². The quantitative estimate of drug-likeness (QED) is 0.526. The van der Waals surface area contributed by atoms with E-state index >= 15 is 0 Å². The van der Waals surface area contributed by atoms with E-state index in [0.29, 0.717) is 12.3 Å². The monoisotopic (exact) mass is 156 g/mol. The van der Waals surface area contributed by atoms with Crippen LogP contribution in [0.1, 0.15) is 12.8 Å². The Kier molecular flexibility index (Phi) is 2.46. The zero-order valence-electron chi connectivity index (χ0n) is 6.46. The van der Waals surface area contributed by atoms with Crippen LogP contribution in [0.15, 0.2) is 0 Å². The Bertz CT molecular complexity index is 166. The van der Waals surface area contributed by atoms with Crippen LogP contribution in [0.2, 0.25) is 0 Å². The van der Waals surface area contributed by atoms with Gasteiger partial charge in [0.1, 0.15) is 6.04 Å². The van der Waals surface area contributed by atoms with Gasteiger partial charge in [-0.3, -0.25) is 9.59 Å². The molecule has 1 fully saturated rings. The third-order valence-electron chi connectivity index (χ3n) is 1.87. The summed E-state index contributed by atoms with van der Waals surface area (Å²) in [4.78, 5) is 21.1. The van der Waals surface area contributed by atoms with Crippen molar-refractivity contribution < 1.29 is 9.59 Å². The van der Waals surface area contributed by atoms with Crippen molar-refractivity contribution in [2.75, 3.05) is 7.05 Å². The molecule has 0 bridgehead atoms. The normalized spacial score (nSPS) is 18.6. The van der Waals surface area contributed by atoms with Crippen molar-refractivity contribution in [2.45, 2.75) is 18.9 Å². The maximum absolute atomic E-state index is 11.1. The van der Waals surface area contributed by atoms with Gasteiger partial charge in [0, 0.05) is 7.05 Å². The molecule has 1 atom stereocenters. The maximum Gasteiger partial charge on any atom is 0.242 e. The molecule has 62 valence electrons. The second-order valence-corrected chi connectivity index (χ2v) is 2.71. The van der Waals surface area contributed by atoms with Crippen LogP contribution in [-0.4, -0.2) is 25.4 Å². The molecule has 0 heterocycles. The van der Waals surface area contributed by atoms with Crippen molar-refractivity contribution in [1.29, 1.82) is 0 Å². The average molecular weight is 156 g/mol. The molecular weight excluding hydrogens is 144 g/mol. The Morgan fingerprint density at radius 2 is 2.27 bits per heavy atom. The summed E-state index contributed by atoms with van der Waals surface area (Å²) in [6, 6.07) is -0.308. The number of likely N-dealkylation sites (N-methyl/N-ethyl adjacent to an activating group) is 1. The summed E-state index contributed by atoms with van der Waals surface area (Å²) in [5.41, 5.74) is 0. The highest BCUT2D eigenvalue weighted by molar-refractivity contribution is 5.84. The smallest absolute Gasteiger partial charge is 0.242 e. The minimum Gasteiger partial charge on any atom is -0.357 e. The molecule has 0 spiro atoms. The van der Waals surface area contributed by atoms with Crippen LogP contribution >= 0.6 is 0 Å². The highest BCUT2D eigenvalue weighted by Gasteiger charge is 2.35. The Balaban J connectivity index is 2.43. The van der Waals surface area contributed by atoms with Crippen LogP contribution in [0, 0.1) is 5.92 Å². The topological polar surface area (TPSA) is 58.2 Å². The van der Waals surface area contributed by atoms with Crippen molar-refractivity contribution in [3.05, 3.63) is 0 Å². The summed E-state index contributed by atoms with van der Waals surface area (Å²) in [6.45, 7) is 0. The second kappa shape index (κ2) is 3.37. The van der Waals surface area contributed by atoms with Gasteiger partial charge in [0.05, 0.1) is 0 Å². The van der Waals surface area contributed by atoms with Crippen molar-refractivity contribution in [2.24, 2.45) is 5.92 Å². The first kappa shape index (κ1) is 8.04. The molecule has 0 aliphatic heterocycles. The predicted molar refractivity (Wildman–Crippen MR) is 39.8 cm³/mol. The van der Waals surface area contributed by atoms with Crippen molar-refractivity contribution in [3.63, 3.8) is 0 Å². The Hall–Kier alpha value is -1.06. The first-order chi connectivity index (χ1) is 5.29. The lowest BCUT2D eigenvalue weighted by Gasteiger charge is -2.12. The Morgan fingerprint density at radius 1 is 1.64 bits per heavy atom. The van der Waals surface area contributed by atoms with Crippen LogP contribution in [0.5, 0.6) is 0 Å². The third-order valence-corrected chi connectivity index (χ3v) is 1.87. The van der Waals surface area contributed by atoms with Gasteiger partial charge in [0.15, 0.2) is 0 Å². The molecule has 2 N–H and O–H groups in total. The first-order valence-corrected chi connectivity index (χ1v) is 3.71. The predicted octanol–water partition coefficient (Wildman–Crippen LogP) is -0.743. The largest absolute Gasteiger partial charge is 0.357 e. The molecule has 0 aromatic rings. The van der Waals surface area contributed by atoms with E-state index < -0.39 is 0 Å². The van der Waals surface area contributed by atoms with Gasteiger partial charge in [-0.15, -0.1) is 0 Å². The van der Waals surface area contributed by atoms with Crippen LogP contribution < -0.4 is 10.6 Å². The fourth-order valence-corrected chi connectivity index (χ4v) is 1.08. The number of amides is 2. The molecule has 11 heavy (non-hydrogen) atoms. The van der Waals surface area contributed by atoms with E-state index in [2.05, 4.69) is 10.6 Å². The van der Waals surface area contributed by atoms with E-state index in [-0.39, 0.29) is 11.9 Å². The molecule has 1 unspecified atom stereocenters. The van der Waals surface area contributed by atoms with E-state index in [4.69, 9.17) is 0 Å². The van der Waals surface area contributed by atoms with Gasteiger partial charge in [-0.1, -0.05) is 0 Å². The van der Waals surface area contributed by atoms with Gasteiger partial charge in [-0.25, -0.2) is 0 Å². The second-order valence-electron chi connectivity index (χ2n) is 2.71. The molecule has 4 heteroatoms. The fourth-order valence-electron chi connectivity index (χ4n) is 1.08. The number of nitrogens with one attached hydrogen (secondary N) is 2. The van der Waals surface area contributed by atoms with Crippen molar-refractivity contribution in [3.8, 4) is 0 Å². The highest BCUT2D eigenvalue weighted by atomic mass is 16.2. The van der Waals surface area contributed by atoms with Gasteiger partial charge < -0.3 is 10.6 Å². The zero-order chi connectivity index (χ0) is 8.27. The molecule has 0 aromatic heterocycles. The molecule has 0 radical (unpaired) electrons. The maximum atomic E-state index is 11.1. The van der Waals surface area contributed by atoms with E-state index in [9.17, 15) is 9.59 Å². The fraction of sp³-hybridized carbons (Fsp3) is 0.714. The van der Waals surface area contributed by atoms with E-state index in [1.165, 1.54) is 0 Å². The molecule has 1 aliphatic carbocycles. The first-order valence-electron chi connectivity index (χ1n) is 3.71. The summed E-state index contributed by atoms with van der Waals surface area (Å²) >= 11 is 0. The Labute approximate surface area is 65.3 Å². The van der Waals surface area contributed by atoms with Gasteiger partial charge >= 0.3 is 0 Å². The molecule has 2 amide bonds. The van der Waals surface area contributed by atoms with Crippen molar-refractivity contribution in [1.82, 2.24) is 10.6 Å². The lowest BCUT2D eigenvalue weighted by molar-refractivity contribution is -0.125. The molecule has 1 aliphatic rings.